The van der Waals surface area contributed by atoms with Gasteiger partial charge < -0.3 is 10.6 Å². The second-order valence-electron chi connectivity index (χ2n) is 17.5. The van der Waals surface area contributed by atoms with Crippen LogP contribution < -0.4 is 5.73 Å². The predicted octanol–water partition coefficient (Wildman–Crippen LogP) is 5.44. The van der Waals surface area contributed by atoms with Gasteiger partial charge in [0.15, 0.2) is 15.6 Å². The van der Waals surface area contributed by atoms with E-state index in [9.17, 15) is 32.4 Å². The minimum Gasteiger partial charge on any atom is -0.363 e. The van der Waals surface area contributed by atoms with Crippen LogP contribution in [0.5, 0.6) is 0 Å². The Labute approximate surface area is 287 Å². The summed E-state index contributed by atoms with van der Waals surface area (Å²) in [6.07, 6.45) is 3.23. The fourth-order valence-electron chi connectivity index (χ4n) is 8.02. The first kappa shape index (κ1) is 37.9. The highest BCUT2D eigenvalue weighted by atomic mass is 32.2. The molecule has 3 aliphatic rings. The molecule has 1 aliphatic heterocycles. The van der Waals surface area contributed by atoms with E-state index >= 15 is 0 Å². The minimum atomic E-state index is -3.65. The van der Waals surface area contributed by atoms with Crippen molar-refractivity contribution in [2.45, 2.75) is 111 Å². The molecule has 1 aromatic rings. The van der Waals surface area contributed by atoms with Gasteiger partial charge in [-0.15, -0.1) is 0 Å². The number of ketones is 3. The average molecular weight is 685 g/mol. The van der Waals surface area contributed by atoms with Crippen LogP contribution in [0.25, 0.3) is 0 Å². The van der Waals surface area contributed by atoms with Gasteiger partial charge in [0, 0.05) is 37.6 Å². The molecular weight excluding hydrogens is 628 g/mol. The SMILES string of the molecule is CC(C)(C)C(CC(=O)C[C@H](C(=O)N1CC2[C@@H]([C@H]1C(=O)CC(CC1CCC1)C(=O)C(N)=O)C2(C)C)C(C)(C)C)CS(=O)(=O)c1ccccc1. The Balaban J connectivity index is 1.54. The van der Waals surface area contributed by atoms with E-state index in [1.54, 1.807) is 35.2 Å². The number of primary amides is 1. The van der Waals surface area contributed by atoms with Gasteiger partial charge in [0.2, 0.25) is 11.7 Å². The van der Waals surface area contributed by atoms with E-state index in [1.807, 2.05) is 41.5 Å². The number of likely N-dealkylation sites (tertiary alicyclic amines) is 1. The predicted molar refractivity (Wildman–Crippen MR) is 184 cm³/mol. The Bertz CT molecular complexity index is 1520. The summed E-state index contributed by atoms with van der Waals surface area (Å²) in [5, 5.41) is 0. The largest absolute Gasteiger partial charge is 0.363 e. The van der Waals surface area contributed by atoms with Crippen molar-refractivity contribution in [1.82, 2.24) is 4.90 Å². The molecular formula is C38H56N2O7S. The number of hydrogen-bond donors (Lipinski definition) is 1. The Morgan fingerprint density at radius 2 is 1.52 bits per heavy atom. The van der Waals surface area contributed by atoms with E-state index in [2.05, 4.69) is 13.8 Å². The van der Waals surface area contributed by atoms with E-state index in [-0.39, 0.29) is 70.6 Å². The van der Waals surface area contributed by atoms with Crippen LogP contribution in [0.4, 0.5) is 0 Å². The molecule has 0 radical (unpaired) electrons. The molecule has 2 N–H and O–H groups in total. The molecule has 266 valence electrons. The molecule has 3 unspecified atom stereocenters. The Kier molecular flexibility index (Phi) is 10.9. The molecule has 1 saturated heterocycles. The molecule has 3 fully saturated rings. The van der Waals surface area contributed by atoms with Crippen LogP contribution in [0.3, 0.4) is 0 Å². The third kappa shape index (κ3) is 8.28. The van der Waals surface area contributed by atoms with Gasteiger partial charge in [0.1, 0.15) is 5.78 Å². The van der Waals surface area contributed by atoms with Gasteiger partial charge in [-0.05, 0) is 58.5 Å². The van der Waals surface area contributed by atoms with Gasteiger partial charge in [-0.2, -0.15) is 0 Å². The van der Waals surface area contributed by atoms with E-state index < -0.39 is 56.2 Å². The fraction of sp³-hybridized carbons (Fsp3) is 0.711. The van der Waals surface area contributed by atoms with Crippen LogP contribution >= 0.6 is 0 Å². The van der Waals surface area contributed by atoms with E-state index in [0.717, 1.165) is 19.3 Å². The number of carbonyl (C=O) groups excluding carboxylic acids is 5. The second kappa shape index (κ2) is 13.8. The fourth-order valence-corrected chi connectivity index (χ4v) is 9.93. The maximum atomic E-state index is 14.5. The zero-order chi connectivity index (χ0) is 36.0. The standard InChI is InChI=1S/C38H56N2O7S/c1-36(2,3)25(22-48(46,47)27-15-10-9-11-16-27)19-26(41)20-28(37(4,5)6)35(45)40-21-29-31(38(29,7)8)32(40)30(42)18-24(33(43)34(39)44)17-23-13-12-14-23/h9-11,15-16,23-25,28-29,31-32H,12-14,17-22H2,1-8H3,(H2,39,44)/t24?,25?,28-,29?,31+,32-/m1/s1. The van der Waals surface area contributed by atoms with Crippen LogP contribution in [-0.2, 0) is 33.8 Å². The molecule has 4 rings (SSSR count). The number of benzene rings is 1. The smallest absolute Gasteiger partial charge is 0.285 e. The van der Waals surface area contributed by atoms with Gasteiger partial charge in [-0.3, -0.25) is 24.0 Å². The first-order chi connectivity index (χ1) is 22.1. The van der Waals surface area contributed by atoms with E-state index in [1.165, 1.54) is 0 Å². The molecule has 2 aliphatic carbocycles. The van der Waals surface area contributed by atoms with Crippen molar-refractivity contribution in [1.29, 1.82) is 0 Å². The molecule has 1 aromatic carbocycles. The zero-order valence-electron chi connectivity index (χ0n) is 30.1. The van der Waals surface area contributed by atoms with Gasteiger partial charge >= 0.3 is 0 Å². The van der Waals surface area contributed by atoms with Crippen molar-refractivity contribution in [3.8, 4) is 0 Å². The minimum absolute atomic E-state index is 0.00807. The number of fused-ring (bicyclic) bond motifs is 1. The summed E-state index contributed by atoms with van der Waals surface area (Å²) in [6.45, 7) is 16.1. The lowest BCUT2D eigenvalue weighted by molar-refractivity contribution is -0.148. The average Bonchev–Trinajstić information content (AvgIpc) is 3.26. The quantitative estimate of drug-likeness (QED) is 0.242. The molecule has 0 spiro atoms. The van der Waals surface area contributed by atoms with Crippen molar-refractivity contribution < 1.29 is 32.4 Å². The first-order valence-electron chi connectivity index (χ1n) is 17.5. The monoisotopic (exact) mass is 684 g/mol. The highest BCUT2D eigenvalue weighted by molar-refractivity contribution is 7.91. The van der Waals surface area contributed by atoms with Crippen molar-refractivity contribution >= 4 is 39.0 Å². The van der Waals surface area contributed by atoms with Gasteiger partial charge in [0.05, 0.1) is 16.7 Å². The molecule has 6 atom stereocenters. The molecule has 2 saturated carbocycles. The van der Waals surface area contributed by atoms with Gasteiger partial charge in [-0.25, -0.2) is 8.42 Å². The lowest BCUT2D eigenvalue weighted by atomic mass is 9.73. The highest BCUT2D eigenvalue weighted by Crippen LogP contribution is 2.65. The highest BCUT2D eigenvalue weighted by Gasteiger charge is 2.69. The van der Waals surface area contributed by atoms with Crippen LogP contribution in [0.2, 0.25) is 0 Å². The van der Waals surface area contributed by atoms with E-state index in [0.29, 0.717) is 13.0 Å². The van der Waals surface area contributed by atoms with Crippen molar-refractivity contribution in [2.75, 3.05) is 12.3 Å². The van der Waals surface area contributed by atoms with Gasteiger partial charge in [-0.1, -0.05) is 92.9 Å². The number of piperidine rings is 1. The van der Waals surface area contributed by atoms with Crippen molar-refractivity contribution in [3.05, 3.63) is 30.3 Å². The summed E-state index contributed by atoms with van der Waals surface area (Å²) in [5.74, 6) is -4.28. The van der Waals surface area contributed by atoms with Crippen LogP contribution in [-0.4, -0.2) is 60.8 Å². The van der Waals surface area contributed by atoms with Crippen LogP contribution in [0.15, 0.2) is 35.2 Å². The maximum Gasteiger partial charge on any atom is 0.285 e. The Hall–Kier alpha value is -2.88. The van der Waals surface area contributed by atoms with Gasteiger partial charge in [0.25, 0.3) is 5.91 Å². The summed E-state index contributed by atoms with van der Waals surface area (Å²) in [5.41, 5.74) is 4.13. The number of hydrogen-bond acceptors (Lipinski definition) is 7. The van der Waals surface area contributed by atoms with Crippen LogP contribution in [0, 0.1) is 51.8 Å². The molecule has 10 heteroatoms. The lowest BCUT2D eigenvalue weighted by Crippen LogP contribution is -2.51. The third-order valence-corrected chi connectivity index (χ3v) is 13.6. The second-order valence-corrected chi connectivity index (χ2v) is 19.6. The summed E-state index contributed by atoms with van der Waals surface area (Å²) in [4.78, 5) is 68.9. The van der Waals surface area contributed by atoms with Crippen molar-refractivity contribution in [3.63, 3.8) is 0 Å². The molecule has 9 nitrogen and oxygen atoms in total. The number of carbonyl (C=O) groups is 5. The molecule has 1 heterocycles. The molecule has 0 bridgehead atoms. The number of sulfone groups is 1. The number of nitrogens with two attached hydrogens (primary N) is 1. The molecule has 48 heavy (non-hydrogen) atoms. The third-order valence-electron chi connectivity index (χ3n) is 11.7. The van der Waals surface area contributed by atoms with Crippen molar-refractivity contribution in [2.24, 2.45) is 57.5 Å². The zero-order valence-corrected chi connectivity index (χ0v) is 30.9. The topological polar surface area (TPSA) is 149 Å². The summed E-state index contributed by atoms with van der Waals surface area (Å²) in [7, 11) is -3.65. The summed E-state index contributed by atoms with van der Waals surface area (Å²) < 4.78 is 26.6. The summed E-state index contributed by atoms with van der Waals surface area (Å²) in [6, 6.07) is 7.49. The molecule has 2 amide bonds. The van der Waals surface area contributed by atoms with E-state index in [4.69, 9.17) is 5.73 Å². The maximum absolute atomic E-state index is 14.5. The lowest BCUT2D eigenvalue weighted by Gasteiger charge is -2.38. The first-order valence-corrected chi connectivity index (χ1v) is 19.2. The summed E-state index contributed by atoms with van der Waals surface area (Å²) >= 11 is 0. The van der Waals surface area contributed by atoms with Crippen LogP contribution in [0.1, 0.15) is 100 Å². The number of rotatable bonds is 15. The Morgan fingerprint density at radius 3 is 2.02 bits per heavy atom. The number of amides is 2. The Morgan fingerprint density at radius 1 is 0.917 bits per heavy atom. The normalized spacial score (nSPS) is 24.2. The number of nitrogens with zero attached hydrogens (tertiary/aromatic N) is 1. The molecule has 0 aromatic heterocycles. The number of Topliss-reactive ketones (excluding diaryl/α,β-unsaturated/α-hetero) is 3.